The summed E-state index contributed by atoms with van der Waals surface area (Å²) in [5.74, 6) is 0.793. The summed E-state index contributed by atoms with van der Waals surface area (Å²) in [6, 6.07) is 0.545. The van der Waals surface area contributed by atoms with Crippen molar-refractivity contribution in [1.29, 1.82) is 0 Å². The van der Waals surface area contributed by atoms with Crippen LogP contribution in [0, 0.1) is 5.41 Å². The molecule has 0 amide bonds. The second kappa shape index (κ2) is 4.03. The summed E-state index contributed by atoms with van der Waals surface area (Å²) in [6.45, 7) is 6.80. The molecule has 15 heavy (non-hydrogen) atoms. The summed E-state index contributed by atoms with van der Waals surface area (Å²) >= 11 is 0. The van der Waals surface area contributed by atoms with Gasteiger partial charge in [-0.2, -0.15) is 0 Å². The fraction of sp³-hybridized carbons (Fsp3) is 0.917. The molecule has 0 spiro atoms. The first kappa shape index (κ1) is 10.8. The van der Waals surface area contributed by atoms with Gasteiger partial charge < -0.3 is 10.6 Å². The van der Waals surface area contributed by atoms with Crippen molar-refractivity contribution in [3.05, 3.63) is 0 Å². The third-order valence-electron chi connectivity index (χ3n) is 4.12. The lowest BCUT2D eigenvalue weighted by atomic mass is 9.82. The summed E-state index contributed by atoms with van der Waals surface area (Å²) in [5, 5.41) is 0. The minimum Gasteiger partial charge on any atom is -0.370 e. The molecule has 0 radical (unpaired) electrons. The molecule has 1 saturated heterocycles. The minimum atomic E-state index is 0.504. The van der Waals surface area contributed by atoms with Crippen molar-refractivity contribution in [2.75, 3.05) is 13.1 Å². The quantitative estimate of drug-likeness (QED) is 0.570. The van der Waals surface area contributed by atoms with E-state index in [1.165, 1.54) is 32.1 Å². The molecule has 0 aromatic carbocycles. The van der Waals surface area contributed by atoms with Crippen LogP contribution in [0.3, 0.4) is 0 Å². The van der Waals surface area contributed by atoms with Gasteiger partial charge in [-0.3, -0.25) is 0 Å². The predicted molar refractivity (Wildman–Crippen MR) is 63.8 cm³/mol. The van der Waals surface area contributed by atoms with Gasteiger partial charge >= 0.3 is 0 Å². The third kappa shape index (κ3) is 2.27. The maximum Gasteiger partial charge on any atom is 0.191 e. The molecule has 2 fully saturated rings. The Morgan fingerprint density at radius 3 is 2.53 bits per heavy atom. The minimum absolute atomic E-state index is 0.504. The number of likely N-dealkylation sites (tertiary alicyclic amines) is 1. The zero-order valence-corrected chi connectivity index (χ0v) is 10.00. The molecule has 3 nitrogen and oxygen atoms in total. The molecule has 0 aromatic rings. The van der Waals surface area contributed by atoms with Crippen LogP contribution in [-0.2, 0) is 0 Å². The van der Waals surface area contributed by atoms with E-state index in [9.17, 15) is 0 Å². The molecule has 2 rings (SSSR count). The number of nitrogens with two attached hydrogens (primary N) is 1. The molecule has 1 aliphatic heterocycles. The molecule has 2 aliphatic rings. The van der Waals surface area contributed by atoms with Crippen LogP contribution in [0.15, 0.2) is 4.99 Å². The van der Waals surface area contributed by atoms with Gasteiger partial charge in [-0.05, 0) is 37.5 Å². The first-order valence-electron chi connectivity index (χ1n) is 6.27. The van der Waals surface area contributed by atoms with E-state index < -0.39 is 0 Å². The van der Waals surface area contributed by atoms with Crippen molar-refractivity contribution in [3.63, 3.8) is 0 Å². The van der Waals surface area contributed by atoms with Crippen molar-refractivity contribution in [3.8, 4) is 0 Å². The predicted octanol–water partition coefficient (Wildman–Crippen LogP) is 1.98. The van der Waals surface area contributed by atoms with E-state index in [1.807, 2.05) is 0 Å². The Bertz CT molecular complexity index is 252. The molecular weight excluding hydrogens is 186 g/mol. The van der Waals surface area contributed by atoms with Crippen molar-refractivity contribution in [2.45, 2.75) is 52.0 Å². The molecule has 1 heterocycles. The van der Waals surface area contributed by atoms with Gasteiger partial charge in [-0.25, -0.2) is 4.99 Å². The van der Waals surface area contributed by atoms with Crippen molar-refractivity contribution in [1.82, 2.24) is 4.90 Å². The Morgan fingerprint density at radius 2 is 2.07 bits per heavy atom. The number of hydrogen-bond donors (Lipinski definition) is 1. The van der Waals surface area contributed by atoms with Crippen LogP contribution in [0.1, 0.15) is 46.0 Å². The highest BCUT2D eigenvalue weighted by atomic mass is 15.3. The Hall–Kier alpha value is -0.730. The van der Waals surface area contributed by atoms with Gasteiger partial charge in [-0.15, -0.1) is 0 Å². The van der Waals surface area contributed by atoms with Crippen LogP contribution in [0.25, 0.3) is 0 Å². The maximum atomic E-state index is 6.03. The molecule has 2 N–H and O–H groups in total. The molecule has 3 heteroatoms. The Morgan fingerprint density at radius 1 is 1.40 bits per heavy atom. The Kier molecular flexibility index (Phi) is 2.89. The SMILES string of the molecule is CCC1(CC)CCN(C(N)=NC2CC2)C1. The second-order valence-corrected chi connectivity index (χ2v) is 5.10. The summed E-state index contributed by atoms with van der Waals surface area (Å²) < 4.78 is 0. The molecule has 86 valence electrons. The third-order valence-corrected chi connectivity index (χ3v) is 4.12. The van der Waals surface area contributed by atoms with E-state index in [2.05, 4.69) is 23.7 Å². The molecule has 1 aliphatic carbocycles. The summed E-state index contributed by atoms with van der Waals surface area (Å²) in [4.78, 5) is 6.81. The van der Waals surface area contributed by atoms with E-state index >= 15 is 0 Å². The average Bonchev–Trinajstić information content (AvgIpc) is 2.96. The van der Waals surface area contributed by atoms with Crippen molar-refractivity contribution < 1.29 is 0 Å². The monoisotopic (exact) mass is 209 g/mol. The summed E-state index contributed by atoms with van der Waals surface area (Å²) in [7, 11) is 0. The van der Waals surface area contributed by atoms with Crippen LogP contribution < -0.4 is 5.73 Å². The lowest BCUT2D eigenvalue weighted by Crippen LogP contribution is -2.37. The average molecular weight is 209 g/mol. The van der Waals surface area contributed by atoms with E-state index in [4.69, 9.17) is 5.73 Å². The van der Waals surface area contributed by atoms with Gasteiger partial charge in [0.15, 0.2) is 5.96 Å². The number of hydrogen-bond acceptors (Lipinski definition) is 1. The van der Waals surface area contributed by atoms with Crippen molar-refractivity contribution >= 4 is 5.96 Å². The standard InChI is InChI=1S/C12H23N3/c1-3-12(4-2)7-8-15(9-12)11(13)14-10-5-6-10/h10H,3-9H2,1-2H3,(H2,13,14). The van der Waals surface area contributed by atoms with Crippen molar-refractivity contribution in [2.24, 2.45) is 16.1 Å². The van der Waals surface area contributed by atoms with Crippen LogP contribution in [0.2, 0.25) is 0 Å². The highest BCUT2D eigenvalue weighted by Crippen LogP contribution is 2.37. The molecule has 0 aromatic heterocycles. The topological polar surface area (TPSA) is 41.6 Å². The summed E-state index contributed by atoms with van der Waals surface area (Å²) in [6.07, 6.45) is 6.27. The number of nitrogens with zero attached hydrogens (tertiary/aromatic N) is 2. The summed E-state index contributed by atoms with van der Waals surface area (Å²) in [5.41, 5.74) is 6.53. The van der Waals surface area contributed by atoms with E-state index in [1.54, 1.807) is 0 Å². The van der Waals surface area contributed by atoms with Gasteiger partial charge in [-0.1, -0.05) is 13.8 Å². The molecule has 0 atom stereocenters. The number of aliphatic imine (C=N–C) groups is 1. The van der Waals surface area contributed by atoms with E-state index in [0.29, 0.717) is 11.5 Å². The van der Waals surface area contributed by atoms with E-state index in [-0.39, 0.29) is 0 Å². The van der Waals surface area contributed by atoms with E-state index in [0.717, 1.165) is 19.0 Å². The Labute approximate surface area is 92.7 Å². The molecule has 1 saturated carbocycles. The van der Waals surface area contributed by atoms with Crippen LogP contribution in [0.4, 0.5) is 0 Å². The molecule has 0 unspecified atom stereocenters. The fourth-order valence-electron chi connectivity index (χ4n) is 2.43. The largest absolute Gasteiger partial charge is 0.370 e. The first-order chi connectivity index (χ1) is 7.19. The first-order valence-corrected chi connectivity index (χ1v) is 6.27. The van der Waals surface area contributed by atoms with Crippen LogP contribution in [0.5, 0.6) is 0 Å². The van der Waals surface area contributed by atoms with Gasteiger partial charge in [0.05, 0.1) is 6.04 Å². The lowest BCUT2D eigenvalue weighted by Gasteiger charge is -2.26. The van der Waals surface area contributed by atoms with Crippen LogP contribution in [-0.4, -0.2) is 30.0 Å². The zero-order valence-electron chi connectivity index (χ0n) is 10.00. The smallest absolute Gasteiger partial charge is 0.191 e. The maximum absolute atomic E-state index is 6.03. The highest BCUT2D eigenvalue weighted by molar-refractivity contribution is 5.78. The normalized spacial score (nSPS) is 26.0. The fourth-order valence-corrected chi connectivity index (χ4v) is 2.43. The number of rotatable bonds is 3. The molecule has 0 bridgehead atoms. The second-order valence-electron chi connectivity index (χ2n) is 5.10. The lowest BCUT2D eigenvalue weighted by molar-refractivity contribution is 0.277. The van der Waals surface area contributed by atoms with Crippen LogP contribution >= 0.6 is 0 Å². The highest BCUT2D eigenvalue weighted by Gasteiger charge is 2.36. The van der Waals surface area contributed by atoms with Gasteiger partial charge in [0.1, 0.15) is 0 Å². The molecular formula is C12H23N3. The Balaban J connectivity index is 1.96. The van der Waals surface area contributed by atoms with Gasteiger partial charge in [0.2, 0.25) is 0 Å². The van der Waals surface area contributed by atoms with Gasteiger partial charge in [0, 0.05) is 13.1 Å². The zero-order chi connectivity index (χ0) is 10.9. The number of guanidine groups is 1. The van der Waals surface area contributed by atoms with Gasteiger partial charge in [0.25, 0.3) is 0 Å².